The van der Waals surface area contributed by atoms with E-state index in [0.29, 0.717) is 30.7 Å². The van der Waals surface area contributed by atoms with Gasteiger partial charge in [0.25, 0.3) is 0 Å². The second-order valence-electron chi connectivity index (χ2n) is 5.92. The molecule has 1 rings (SSSR count). The Morgan fingerprint density at radius 2 is 1.68 bits per heavy atom. The highest BCUT2D eigenvalue weighted by molar-refractivity contribution is 5.89. The van der Waals surface area contributed by atoms with Crippen molar-refractivity contribution in [1.29, 1.82) is 0 Å². The molecule has 0 saturated carbocycles. The van der Waals surface area contributed by atoms with Crippen LogP contribution in [0.25, 0.3) is 0 Å². The summed E-state index contributed by atoms with van der Waals surface area (Å²) in [5, 5.41) is 18.7. The van der Waals surface area contributed by atoms with Crippen LogP contribution in [0.3, 0.4) is 0 Å². The Morgan fingerprint density at radius 1 is 1.12 bits per heavy atom. The lowest BCUT2D eigenvalue weighted by molar-refractivity contribution is -0.171. The summed E-state index contributed by atoms with van der Waals surface area (Å²) in [6, 6.07) is 0. The molecule has 0 atom stereocenters. The highest BCUT2D eigenvalue weighted by atomic mass is 16.7. The second kappa shape index (κ2) is 11.0. The van der Waals surface area contributed by atoms with Crippen LogP contribution in [0.5, 0.6) is 0 Å². The minimum atomic E-state index is -1.26. The monoisotopic (exact) mass is 357 g/mol. The number of esters is 2. The topological polar surface area (TPSA) is 139 Å². The zero-order valence-corrected chi connectivity index (χ0v) is 14.4. The van der Waals surface area contributed by atoms with Gasteiger partial charge in [-0.25, -0.2) is 14.4 Å². The molecule has 0 radical (unpaired) electrons. The lowest BCUT2D eigenvalue weighted by Crippen LogP contribution is -2.27. The molecular weight excluding hydrogens is 334 g/mol. The van der Waals surface area contributed by atoms with Crippen LogP contribution >= 0.6 is 0 Å². The van der Waals surface area contributed by atoms with Gasteiger partial charge in [-0.15, -0.1) is 0 Å². The lowest BCUT2D eigenvalue weighted by Gasteiger charge is -2.17. The molecule has 0 saturated heterocycles. The molecular formula is C16H23NO8. The van der Waals surface area contributed by atoms with Gasteiger partial charge in [-0.3, -0.25) is 4.79 Å². The van der Waals surface area contributed by atoms with Gasteiger partial charge in [0.05, 0.1) is 5.41 Å². The zero-order valence-electron chi connectivity index (χ0n) is 14.4. The molecule has 1 aliphatic rings. The van der Waals surface area contributed by atoms with E-state index in [1.165, 1.54) is 0 Å². The van der Waals surface area contributed by atoms with Crippen molar-refractivity contribution < 1.29 is 38.9 Å². The summed E-state index contributed by atoms with van der Waals surface area (Å²) in [7, 11) is 0. The fraction of sp³-hybridized carbons (Fsp3) is 0.500. The highest BCUT2D eigenvalue weighted by Gasteiger charge is 2.23. The van der Waals surface area contributed by atoms with Gasteiger partial charge in [-0.2, -0.15) is 0 Å². The molecule has 0 aromatic rings. The van der Waals surface area contributed by atoms with E-state index < -0.39 is 23.3 Å². The molecule has 0 bridgehead atoms. The molecule has 0 fully saturated rings. The number of carboxylic acids is 2. The summed E-state index contributed by atoms with van der Waals surface area (Å²) in [4.78, 5) is 42.0. The van der Waals surface area contributed by atoms with Crippen LogP contribution in [0, 0.1) is 5.41 Å². The Labute approximate surface area is 145 Å². The Balaban J connectivity index is 0.000000609. The third-order valence-electron chi connectivity index (χ3n) is 2.69. The van der Waals surface area contributed by atoms with Gasteiger partial charge in [0.2, 0.25) is 6.79 Å². The number of nitrogens with one attached hydrogen (secondary N) is 1. The van der Waals surface area contributed by atoms with Crippen molar-refractivity contribution in [3.63, 3.8) is 0 Å². The van der Waals surface area contributed by atoms with Gasteiger partial charge in [-0.1, -0.05) is 6.08 Å². The predicted octanol–water partition coefficient (Wildman–Crippen LogP) is 0.708. The van der Waals surface area contributed by atoms with Crippen LogP contribution in [-0.4, -0.2) is 54.0 Å². The van der Waals surface area contributed by atoms with E-state index in [-0.39, 0.29) is 12.8 Å². The standard InChI is InChI=1S/C12H19NO4.C4H4O4/c1-12(2,3)11(15)17-8-16-10(14)9-4-6-13-7-5-9;5-3(6)1-2-4(7)8/h4,13H,5-8H2,1-3H3;1-2H,(H,5,6)(H,7,8)/b;2-1+. The van der Waals surface area contributed by atoms with E-state index in [1.54, 1.807) is 26.8 Å². The van der Waals surface area contributed by atoms with Crippen molar-refractivity contribution in [1.82, 2.24) is 5.32 Å². The maximum absolute atomic E-state index is 11.5. The van der Waals surface area contributed by atoms with E-state index in [1.807, 2.05) is 0 Å². The molecule has 0 amide bonds. The summed E-state index contributed by atoms with van der Waals surface area (Å²) in [6.07, 6.45) is 3.55. The van der Waals surface area contributed by atoms with Gasteiger partial charge in [0.15, 0.2) is 0 Å². The van der Waals surface area contributed by atoms with Crippen LogP contribution < -0.4 is 5.32 Å². The number of carbonyl (C=O) groups excluding carboxylic acids is 2. The zero-order chi connectivity index (χ0) is 19.5. The second-order valence-corrected chi connectivity index (χ2v) is 5.92. The normalized spacial score (nSPS) is 14.0. The van der Waals surface area contributed by atoms with Crippen molar-refractivity contribution in [2.24, 2.45) is 5.41 Å². The summed E-state index contributed by atoms with van der Waals surface area (Å²) < 4.78 is 9.71. The first-order chi connectivity index (χ1) is 11.5. The number of hydrogen-bond acceptors (Lipinski definition) is 7. The number of rotatable bonds is 5. The van der Waals surface area contributed by atoms with E-state index in [4.69, 9.17) is 19.7 Å². The maximum atomic E-state index is 11.5. The molecule has 1 aliphatic heterocycles. The first-order valence-corrected chi connectivity index (χ1v) is 7.42. The molecule has 140 valence electrons. The van der Waals surface area contributed by atoms with Crippen molar-refractivity contribution in [3.05, 3.63) is 23.8 Å². The number of carboxylic acid groups (broad SMARTS) is 2. The lowest BCUT2D eigenvalue weighted by atomic mass is 9.98. The van der Waals surface area contributed by atoms with Crippen molar-refractivity contribution in [2.45, 2.75) is 27.2 Å². The quantitative estimate of drug-likeness (QED) is 0.368. The number of ether oxygens (including phenoxy) is 2. The van der Waals surface area contributed by atoms with Crippen LogP contribution in [0.4, 0.5) is 0 Å². The minimum absolute atomic E-state index is 0.320. The van der Waals surface area contributed by atoms with Crippen LogP contribution in [-0.2, 0) is 28.7 Å². The molecule has 0 spiro atoms. The third kappa shape index (κ3) is 11.5. The Bertz CT molecular complexity index is 541. The van der Waals surface area contributed by atoms with Gasteiger partial charge in [-0.05, 0) is 33.7 Å². The smallest absolute Gasteiger partial charge is 0.336 e. The Morgan fingerprint density at radius 3 is 2.08 bits per heavy atom. The SMILES string of the molecule is CC(C)(C)C(=O)OCOC(=O)C1=CCNCC1.O=C(O)/C=C/C(=O)O. The van der Waals surface area contributed by atoms with Crippen LogP contribution in [0.1, 0.15) is 27.2 Å². The van der Waals surface area contributed by atoms with E-state index in [2.05, 4.69) is 5.32 Å². The molecule has 0 aromatic heterocycles. The van der Waals surface area contributed by atoms with E-state index in [0.717, 1.165) is 6.54 Å². The number of carbonyl (C=O) groups is 4. The Kier molecular flexibility index (Phi) is 9.80. The predicted molar refractivity (Wildman–Crippen MR) is 86.5 cm³/mol. The van der Waals surface area contributed by atoms with Crippen LogP contribution in [0.2, 0.25) is 0 Å². The largest absolute Gasteiger partial charge is 0.478 e. The molecule has 0 aromatic carbocycles. The van der Waals surface area contributed by atoms with Crippen molar-refractivity contribution in [2.75, 3.05) is 19.9 Å². The summed E-state index contributed by atoms with van der Waals surface area (Å²) >= 11 is 0. The molecule has 25 heavy (non-hydrogen) atoms. The van der Waals surface area contributed by atoms with Gasteiger partial charge < -0.3 is 25.0 Å². The molecule has 0 unspecified atom stereocenters. The average Bonchev–Trinajstić information content (AvgIpc) is 2.53. The maximum Gasteiger partial charge on any atom is 0.336 e. The highest BCUT2D eigenvalue weighted by Crippen LogP contribution is 2.15. The van der Waals surface area contributed by atoms with E-state index >= 15 is 0 Å². The fourth-order valence-corrected chi connectivity index (χ4v) is 1.40. The number of hydrogen-bond donors (Lipinski definition) is 3. The van der Waals surface area contributed by atoms with Gasteiger partial charge in [0.1, 0.15) is 0 Å². The minimum Gasteiger partial charge on any atom is -0.478 e. The van der Waals surface area contributed by atoms with Crippen molar-refractivity contribution in [3.8, 4) is 0 Å². The molecule has 9 nitrogen and oxygen atoms in total. The summed E-state index contributed by atoms with van der Waals surface area (Å²) in [6.45, 7) is 6.35. The average molecular weight is 357 g/mol. The number of aliphatic carboxylic acids is 2. The molecule has 9 heteroatoms. The first kappa shape index (κ1) is 22.3. The summed E-state index contributed by atoms with van der Waals surface area (Å²) in [5.74, 6) is -3.31. The Hall–Kier alpha value is -2.68. The van der Waals surface area contributed by atoms with Gasteiger partial charge in [0, 0.05) is 24.3 Å². The van der Waals surface area contributed by atoms with Crippen LogP contribution in [0.15, 0.2) is 23.8 Å². The summed E-state index contributed by atoms with van der Waals surface area (Å²) in [5.41, 5.74) is 0.0519. The third-order valence-corrected chi connectivity index (χ3v) is 2.69. The first-order valence-electron chi connectivity index (χ1n) is 7.42. The molecule has 3 N–H and O–H groups in total. The van der Waals surface area contributed by atoms with Crippen molar-refractivity contribution >= 4 is 23.9 Å². The fourth-order valence-electron chi connectivity index (χ4n) is 1.40. The van der Waals surface area contributed by atoms with Gasteiger partial charge >= 0.3 is 23.9 Å². The van der Waals surface area contributed by atoms with E-state index in [9.17, 15) is 19.2 Å². The molecule has 0 aliphatic carbocycles. The molecule has 1 heterocycles.